The van der Waals surface area contributed by atoms with Crippen LogP contribution in [0, 0.1) is 0 Å². The van der Waals surface area contributed by atoms with Crippen molar-refractivity contribution in [2.75, 3.05) is 24.5 Å². The van der Waals surface area contributed by atoms with Gasteiger partial charge in [-0.1, -0.05) is 12.1 Å². The molecule has 1 atom stereocenters. The summed E-state index contributed by atoms with van der Waals surface area (Å²) in [6.45, 7) is 3.76. The number of imidazole rings is 1. The van der Waals surface area contributed by atoms with E-state index < -0.39 is 5.76 Å². The highest BCUT2D eigenvalue weighted by molar-refractivity contribution is 7.14. The van der Waals surface area contributed by atoms with E-state index in [-0.39, 0.29) is 18.5 Å². The molecule has 0 spiro atoms. The number of pyridine rings is 1. The van der Waals surface area contributed by atoms with E-state index in [0.29, 0.717) is 30.9 Å². The molecule has 10 nitrogen and oxygen atoms in total. The number of hydrogen-bond donors (Lipinski definition) is 1. The van der Waals surface area contributed by atoms with Crippen LogP contribution in [0.3, 0.4) is 0 Å². The molecular weight excluding hydrogens is 454 g/mol. The number of hydrogen-bond acceptors (Lipinski definition) is 8. The van der Waals surface area contributed by atoms with Crippen LogP contribution in [0.25, 0.3) is 33.8 Å². The number of benzene rings is 1. The van der Waals surface area contributed by atoms with Gasteiger partial charge in [0.2, 0.25) is 5.91 Å². The zero-order valence-corrected chi connectivity index (χ0v) is 19.2. The fourth-order valence-electron chi connectivity index (χ4n) is 4.47. The number of aromatic amines is 1. The molecule has 1 amide bonds. The molecule has 1 N–H and O–H groups in total. The van der Waals surface area contributed by atoms with Crippen molar-refractivity contribution in [1.82, 2.24) is 29.4 Å². The van der Waals surface area contributed by atoms with Gasteiger partial charge in [0.05, 0.1) is 16.5 Å². The molecule has 4 aromatic heterocycles. The Morgan fingerprint density at radius 1 is 1.21 bits per heavy atom. The number of amides is 1. The molecule has 5 heterocycles. The Hall–Kier alpha value is -3.99. The van der Waals surface area contributed by atoms with Crippen molar-refractivity contribution in [2.45, 2.75) is 19.5 Å². The predicted octanol–water partition coefficient (Wildman–Crippen LogP) is 2.73. The van der Waals surface area contributed by atoms with Crippen molar-refractivity contribution >= 4 is 44.5 Å². The lowest BCUT2D eigenvalue weighted by molar-refractivity contribution is -0.134. The van der Waals surface area contributed by atoms with Gasteiger partial charge >= 0.3 is 5.76 Å². The second kappa shape index (κ2) is 8.10. The summed E-state index contributed by atoms with van der Waals surface area (Å²) in [5, 5.41) is 1.03. The van der Waals surface area contributed by atoms with Gasteiger partial charge in [-0.15, -0.1) is 11.3 Å². The second-order valence-corrected chi connectivity index (χ2v) is 9.10. The smallest absolute Gasteiger partial charge is 0.406 e. The number of H-pyrrole nitrogens is 1. The van der Waals surface area contributed by atoms with Gasteiger partial charge in [0.25, 0.3) is 0 Å². The maximum atomic E-state index is 13.1. The summed E-state index contributed by atoms with van der Waals surface area (Å²) in [6.07, 6.45) is 1.58. The number of nitrogens with one attached hydrogen (secondary N) is 1. The molecule has 34 heavy (non-hydrogen) atoms. The van der Waals surface area contributed by atoms with Crippen molar-refractivity contribution in [1.29, 1.82) is 0 Å². The first-order valence-electron chi connectivity index (χ1n) is 11.0. The molecule has 5 aromatic rings. The molecule has 0 bridgehead atoms. The molecule has 6 rings (SSSR count). The molecule has 1 unspecified atom stereocenters. The third-order valence-electron chi connectivity index (χ3n) is 6.12. The molecule has 1 fully saturated rings. The molecule has 11 heteroatoms. The Morgan fingerprint density at radius 3 is 2.94 bits per heavy atom. The highest BCUT2D eigenvalue weighted by atomic mass is 32.1. The Kier molecular flexibility index (Phi) is 4.91. The summed E-state index contributed by atoms with van der Waals surface area (Å²) in [5.41, 5.74) is 5.27. The number of oxazole rings is 1. The number of rotatable bonds is 4. The van der Waals surface area contributed by atoms with Crippen molar-refractivity contribution in [2.24, 2.45) is 0 Å². The highest BCUT2D eigenvalue weighted by Gasteiger charge is 2.30. The first-order valence-corrected chi connectivity index (χ1v) is 11.8. The number of aromatic nitrogens is 5. The van der Waals surface area contributed by atoms with Gasteiger partial charge in [0.1, 0.15) is 17.2 Å². The first kappa shape index (κ1) is 20.6. The topological polar surface area (TPSA) is 113 Å². The number of thiazole rings is 1. The van der Waals surface area contributed by atoms with Crippen LogP contribution in [0.15, 0.2) is 57.3 Å². The van der Waals surface area contributed by atoms with Crippen LogP contribution in [0.4, 0.5) is 5.00 Å². The third-order valence-corrected chi connectivity index (χ3v) is 7.00. The van der Waals surface area contributed by atoms with Crippen molar-refractivity contribution in [3.8, 4) is 11.5 Å². The number of fused-ring (bicyclic) bond motifs is 2. The maximum Gasteiger partial charge on any atom is 0.421 e. The Balaban J connectivity index is 1.20. The zero-order valence-electron chi connectivity index (χ0n) is 18.3. The van der Waals surface area contributed by atoms with E-state index in [1.807, 2.05) is 41.6 Å². The minimum absolute atomic E-state index is 0.0475. The molecule has 172 valence electrons. The van der Waals surface area contributed by atoms with Gasteiger partial charge < -0.3 is 19.2 Å². The highest BCUT2D eigenvalue weighted by Crippen LogP contribution is 2.34. The van der Waals surface area contributed by atoms with E-state index in [0.717, 1.165) is 27.6 Å². The molecular formula is C23H21N7O3S. The van der Waals surface area contributed by atoms with E-state index >= 15 is 0 Å². The van der Waals surface area contributed by atoms with Crippen LogP contribution in [-0.2, 0) is 11.3 Å². The number of para-hydroxylation sites is 2. The summed E-state index contributed by atoms with van der Waals surface area (Å²) in [5.74, 6) is 0.0280. The van der Waals surface area contributed by atoms with Gasteiger partial charge in [0.15, 0.2) is 17.1 Å². The Bertz CT molecular complexity index is 1530. The lowest BCUT2D eigenvalue weighted by Gasteiger charge is -2.40. The SMILES string of the molecule is CC1CN(c2scnc2-c2nc3ccccc3[nH]2)CCN1C(=O)Cn1c(=O)oc2cccnc21. The third kappa shape index (κ3) is 3.45. The average Bonchev–Trinajstić information content (AvgIpc) is 3.56. The Morgan fingerprint density at radius 2 is 2.09 bits per heavy atom. The van der Waals surface area contributed by atoms with Gasteiger partial charge in [-0.05, 0) is 31.2 Å². The number of nitrogens with zero attached hydrogens (tertiary/aromatic N) is 6. The fraction of sp³-hybridized carbons (Fsp3) is 0.261. The summed E-state index contributed by atoms with van der Waals surface area (Å²) >= 11 is 1.56. The molecule has 0 radical (unpaired) electrons. The largest absolute Gasteiger partial charge is 0.421 e. The van der Waals surface area contributed by atoms with E-state index in [1.54, 1.807) is 29.7 Å². The number of piperazine rings is 1. The number of carbonyl (C=O) groups is 1. The standard InChI is InChI=1S/C23H21N7O3S/c1-14-11-28(22-19(25-13-34-22)20-26-15-5-2-3-6-16(15)27-20)9-10-29(14)18(31)12-30-21-17(33-23(30)32)7-4-8-24-21/h2-8,13-14H,9-12H2,1H3,(H,26,27). The fourth-order valence-corrected chi connectivity index (χ4v) is 5.30. The van der Waals surface area contributed by atoms with E-state index in [4.69, 9.17) is 9.40 Å². The van der Waals surface area contributed by atoms with Crippen molar-refractivity contribution in [3.63, 3.8) is 0 Å². The maximum absolute atomic E-state index is 13.1. The van der Waals surface area contributed by atoms with Gasteiger partial charge in [-0.25, -0.2) is 24.3 Å². The molecule has 0 saturated carbocycles. The van der Waals surface area contributed by atoms with Crippen molar-refractivity contribution in [3.05, 3.63) is 58.7 Å². The van der Waals surface area contributed by atoms with Crippen LogP contribution in [0.5, 0.6) is 0 Å². The molecule has 1 aromatic carbocycles. The number of anilines is 1. The molecule has 0 aliphatic carbocycles. The van der Waals surface area contributed by atoms with Gasteiger partial charge in [-0.3, -0.25) is 4.79 Å². The van der Waals surface area contributed by atoms with Crippen LogP contribution < -0.4 is 10.7 Å². The first-order chi connectivity index (χ1) is 16.6. The molecule has 1 aliphatic rings. The molecule has 1 aliphatic heterocycles. The van der Waals surface area contributed by atoms with Crippen LogP contribution >= 0.6 is 11.3 Å². The van der Waals surface area contributed by atoms with E-state index in [1.165, 1.54) is 4.57 Å². The lowest BCUT2D eigenvalue weighted by atomic mass is 10.2. The minimum atomic E-state index is -0.575. The summed E-state index contributed by atoms with van der Waals surface area (Å²) in [7, 11) is 0. The number of carbonyl (C=O) groups excluding carboxylic acids is 1. The lowest BCUT2D eigenvalue weighted by Crippen LogP contribution is -2.55. The summed E-state index contributed by atoms with van der Waals surface area (Å²) in [4.78, 5) is 46.2. The van der Waals surface area contributed by atoms with E-state index in [9.17, 15) is 9.59 Å². The van der Waals surface area contributed by atoms with Gasteiger partial charge in [-0.2, -0.15) is 0 Å². The molecule has 1 saturated heterocycles. The second-order valence-electron chi connectivity index (χ2n) is 8.27. The monoisotopic (exact) mass is 475 g/mol. The summed E-state index contributed by atoms with van der Waals surface area (Å²) in [6, 6.07) is 11.2. The minimum Gasteiger partial charge on any atom is -0.406 e. The Labute approximate surface area is 197 Å². The van der Waals surface area contributed by atoms with Crippen LogP contribution in [-0.4, -0.2) is 61.0 Å². The predicted molar refractivity (Wildman–Crippen MR) is 129 cm³/mol. The van der Waals surface area contributed by atoms with E-state index in [2.05, 4.69) is 19.9 Å². The zero-order chi connectivity index (χ0) is 23.2. The normalized spacial score (nSPS) is 16.6. The average molecular weight is 476 g/mol. The van der Waals surface area contributed by atoms with Gasteiger partial charge in [0, 0.05) is 31.9 Å². The van der Waals surface area contributed by atoms with Crippen molar-refractivity contribution < 1.29 is 9.21 Å². The van der Waals surface area contributed by atoms with Crippen LogP contribution in [0.1, 0.15) is 6.92 Å². The van der Waals surface area contributed by atoms with Crippen LogP contribution in [0.2, 0.25) is 0 Å². The quantitative estimate of drug-likeness (QED) is 0.425. The summed E-state index contributed by atoms with van der Waals surface area (Å²) < 4.78 is 6.50.